The fraction of sp³-hybridized carbons (Fsp3) is 0.176. The van der Waals surface area contributed by atoms with Gasteiger partial charge in [-0.15, -0.1) is 0 Å². The third-order valence-electron chi connectivity index (χ3n) is 3.41. The minimum atomic E-state index is 0.381. The van der Waals surface area contributed by atoms with E-state index in [1.807, 2.05) is 42.5 Å². The van der Waals surface area contributed by atoms with Crippen molar-refractivity contribution in [3.8, 4) is 17.1 Å². The summed E-state index contributed by atoms with van der Waals surface area (Å²) < 4.78 is 10.4. The number of rotatable bonds is 5. The van der Waals surface area contributed by atoms with Crippen molar-refractivity contribution in [3.63, 3.8) is 0 Å². The zero-order valence-corrected chi connectivity index (χ0v) is 12.5. The third kappa shape index (κ3) is 2.93. The second-order valence-corrected chi connectivity index (χ2v) is 4.79. The van der Waals surface area contributed by atoms with E-state index in [1.165, 1.54) is 5.56 Å². The van der Waals surface area contributed by atoms with Gasteiger partial charge in [0, 0.05) is 11.3 Å². The van der Waals surface area contributed by atoms with Crippen LogP contribution in [0.1, 0.15) is 12.5 Å². The number of aromatic nitrogens is 2. The van der Waals surface area contributed by atoms with Crippen molar-refractivity contribution >= 4 is 11.7 Å². The van der Waals surface area contributed by atoms with Crippen LogP contribution in [0.5, 0.6) is 5.75 Å². The monoisotopic (exact) mass is 295 g/mol. The maximum absolute atomic E-state index is 5.28. The van der Waals surface area contributed by atoms with Gasteiger partial charge in [-0.05, 0) is 42.3 Å². The molecule has 0 atom stereocenters. The Morgan fingerprint density at radius 2 is 1.86 bits per heavy atom. The molecule has 5 nitrogen and oxygen atoms in total. The number of para-hydroxylation sites is 1. The maximum Gasteiger partial charge on any atom is 0.326 e. The normalized spacial score (nSPS) is 10.5. The molecule has 0 bridgehead atoms. The second kappa shape index (κ2) is 6.30. The molecule has 0 unspecified atom stereocenters. The molecule has 0 saturated carbocycles. The Balaban J connectivity index is 1.81. The Morgan fingerprint density at radius 1 is 1.09 bits per heavy atom. The van der Waals surface area contributed by atoms with Crippen LogP contribution >= 0.6 is 0 Å². The summed E-state index contributed by atoms with van der Waals surface area (Å²) in [6.07, 6.45) is 0.933. The second-order valence-electron chi connectivity index (χ2n) is 4.79. The van der Waals surface area contributed by atoms with Crippen molar-refractivity contribution in [2.24, 2.45) is 0 Å². The van der Waals surface area contributed by atoms with E-state index in [-0.39, 0.29) is 0 Å². The highest BCUT2D eigenvalue weighted by atomic mass is 16.5. The summed E-state index contributed by atoms with van der Waals surface area (Å²) in [5.41, 5.74) is 3.06. The van der Waals surface area contributed by atoms with Gasteiger partial charge in [-0.3, -0.25) is 0 Å². The number of nitrogens with one attached hydrogen (secondary N) is 1. The Hall–Kier alpha value is -2.82. The van der Waals surface area contributed by atoms with E-state index < -0.39 is 0 Å². The van der Waals surface area contributed by atoms with Gasteiger partial charge in [0.15, 0.2) is 0 Å². The highest BCUT2D eigenvalue weighted by Gasteiger charge is 2.10. The van der Waals surface area contributed by atoms with Gasteiger partial charge in [-0.1, -0.05) is 30.3 Å². The number of hydrogen-bond acceptors (Lipinski definition) is 5. The molecular formula is C17H17N3O2. The van der Waals surface area contributed by atoms with Crippen molar-refractivity contribution in [2.75, 3.05) is 12.4 Å². The van der Waals surface area contributed by atoms with E-state index in [9.17, 15) is 0 Å². The summed E-state index contributed by atoms with van der Waals surface area (Å²) in [4.78, 5) is 4.38. The zero-order chi connectivity index (χ0) is 15.4. The molecule has 5 heteroatoms. The smallest absolute Gasteiger partial charge is 0.326 e. The van der Waals surface area contributed by atoms with Crippen LogP contribution in [0.3, 0.4) is 0 Å². The van der Waals surface area contributed by atoms with E-state index in [0.29, 0.717) is 11.8 Å². The van der Waals surface area contributed by atoms with Gasteiger partial charge in [0.25, 0.3) is 0 Å². The fourth-order valence-electron chi connectivity index (χ4n) is 2.20. The quantitative estimate of drug-likeness (QED) is 0.769. The molecule has 0 spiro atoms. The summed E-state index contributed by atoms with van der Waals surface area (Å²) in [6, 6.07) is 16.0. The van der Waals surface area contributed by atoms with Gasteiger partial charge in [0.1, 0.15) is 5.75 Å². The molecular weight excluding hydrogens is 278 g/mol. The van der Waals surface area contributed by atoms with Crippen molar-refractivity contribution in [1.82, 2.24) is 10.1 Å². The number of methoxy groups -OCH3 is 1. The maximum atomic E-state index is 5.28. The Kier molecular flexibility index (Phi) is 4.05. The van der Waals surface area contributed by atoms with Crippen LogP contribution in [0.25, 0.3) is 11.4 Å². The van der Waals surface area contributed by atoms with Gasteiger partial charge in [-0.25, -0.2) is 0 Å². The Morgan fingerprint density at radius 3 is 2.59 bits per heavy atom. The molecule has 0 amide bonds. The number of anilines is 2. The number of ether oxygens (including phenoxy) is 1. The lowest BCUT2D eigenvalue weighted by Crippen LogP contribution is -1.95. The molecule has 3 rings (SSSR count). The molecule has 0 saturated heterocycles. The van der Waals surface area contributed by atoms with Crippen molar-refractivity contribution in [2.45, 2.75) is 13.3 Å². The first-order valence-corrected chi connectivity index (χ1v) is 7.13. The van der Waals surface area contributed by atoms with Gasteiger partial charge in [-0.2, -0.15) is 4.98 Å². The van der Waals surface area contributed by atoms with E-state index in [4.69, 9.17) is 9.26 Å². The van der Waals surface area contributed by atoms with Crippen LogP contribution in [0.15, 0.2) is 53.1 Å². The number of nitrogens with zero attached hydrogens (tertiary/aromatic N) is 2. The highest BCUT2D eigenvalue weighted by molar-refractivity contribution is 5.61. The van der Waals surface area contributed by atoms with Gasteiger partial charge >= 0.3 is 6.01 Å². The summed E-state index contributed by atoms with van der Waals surface area (Å²) in [5.74, 6) is 1.33. The van der Waals surface area contributed by atoms with Crippen LogP contribution < -0.4 is 10.1 Å². The van der Waals surface area contributed by atoms with Gasteiger partial charge < -0.3 is 14.6 Å². The number of benzene rings is 2. The first kappa shape index (κ1) is 14.1. The lowest BCUT2D eigenvalue weighted by atomic mass is 10.1. The largest absolute Gasteiger partial charge is 0.497 e. The van der Waals surface area contributed by atoms with Gasteiger partial charge in [0.2, 0.25) is 5.82 Å². The molecule has 0 radical (unpaired) electrons. The van der Waals surface area contributed by atoms with Crippen LogP contribution in [-0.4, -0.2) is 17.3 Å². The van der Waals surface area contributed by atoms with E-state index in [2.05, 4.69) is 28.4 Å². The van der Waals surface area contributed by atoms with Crippen LogP contribution in [0, 0.1) is 0 Å². The van der Waals surface area contributed by atoms with Crippen molar-refractivity contribution in [3.05, 3.63) is 54.1 Å². The standard InChI is InChI=1S/C17H17N3O2/c1-3-12-6-4-5-7-15(12)18-17-19-16(20-22-17)13-8-10-14(21-2)11-9-13/h4-11H,3H2,1-2H3,(H,18,19,20). The fourth-order valence-corrected chi connectivity index (χ4v) is 2.20. The van der Waals surface area contributed by atoms with Crippen LogP contribution in [0.4, 0.5) is 11.7 Å². The predicted octanol–water partition coefficient (Wildman–Crippen LogP) is 4.05. The topological polar surface area (TPSA) is 60.2 Å². The zero-order valence-electron chi connectivity index (χ0n) is 12.5. The molecule has 0 fully saturated rings. The number of aryl methyl sites for hydroxylation is 1. The van der Waals surface area contributed by atoms with Gasteiger partial charge in [0.05, 0.1) is 7.11 Å². The summed E-state index contributed by atoms with van der Waals surface area (Å²) in [7, 11) is 1.64. The molecule has 112 valence electrons. The molecule has 0 aliphatic carbocycles. The predicted molar refractivity (Wildman–Crippen MR) is 85.4 cm³/mol. The minimum absolute atomic E-state index is 0.381. The Bertz CT molecular complexity index is 751. The Labute approximate surface area is 128 Å². The first-order chi connectivity index (χ1) is 10.8. The summed E-state index contributed by atoms with van der Waals surface area (Å²) in [6.45, 7) is 2.11. The third-order valence-corrected chi connectivity index (χ3v) is 3.41. The van der Waals surface area contributed by atoms with Crippen LogP contribution in [-0.2, 0) is 6.42 Å². The first-order valence-electron chi connectivity index (χ1n) is 7.13. The van der Waals surface area contributed by atoms with E-state index in [1.54, 1.807) is 7.11 Å². The highest BCUT2D eigenvalue weighted by Crippen LogP contribution is 2.24. The molecule has 0 aliphatic heterocycles. The van der Waals surface area contributed by atoms with Crippen molar-refractivity contribution in [1.29, 1.82) is 0 Å². The van der Waals surface area contributed by atoms with E-state index in [0.717, 1.165) is 23.4 Å². The average molecular weight is 295 g/mol. The molecule has 22 heavy (non-hydrogen) atoms. The lowest BCUT2D eigenvalue weighted by molar-refractivity contribution is 0.415. The molecule has 2 aromatic carbocycles. The average Bonchev–Trinajstić information content (AvgIpc) is 3.04. The molecule has 1 heterocycles. The molecule has 1 N–H and O–H groups in total. The summed E-state index contributed by atoms with van der Waals surface area (Å²) in [5, 5.41) is 7.18. The summed E-state index contributed by atoms with van der Waals surface area (Å²) >= 11 is 0. The molecule has 1 aromatic heterocycles. The SMILES string of the molecule is CCc1ccccc1Nc1nc(-c2ccc(OC)cc2)no1. The minimum Gasteiger partial charge on any atom is -0.497 e. The van der Waals surface area contributed by atoms with Crippen LogP contribution in [0.2, 0.25) is 0 Å². The van der Waals surface area contributed by atoms with Crippen molar-refractivity contribution < 1.29 is 9.26 Å². The molecule has 3 aromatic rings. The number of hydrogen-bond donors (Lipinski definition) is 1. The van der Waals surface area contributed by atoms with E-state index >= 15 is 0 Å². The lowest BCUT2D eigenvalue weighted by Gasteiger charge is -2.06. The molecule has 0 aliphatic rings.